The first-order chi connectivity index (χ1) is 14.7. The summed E-state index contributed by atoms with van der Waals surface area (Å²) in [5.41, 5.74) is 3.75. The molecular weight excluding hydrogens is 378 g/mol. The molecule has 7 heteroatoms. The van der Waals surface area contributed by atoms with E-state index in [1.165, 1.54) is 12.8 Å². The maximum Gasteiger partial charge on any atom is 0.262 e. The molecule has 7 nitrogen and oxygen atoms in total. The van der Waals surface area contributed by atoms with Gasteiger partial charge < -0.3 is 20.3 Å². The number of carbonyl (C=O) groups is 1. The van der Waals surface area contributed by atoms with E-state index in [0.717, 1.165) is 30.0 Å². The van der Waals surface area contributed by atoms with Crippen molar-refractivity contribution in [3.63, 3.8) is 0 Å². The van der Waals surface area contributed by atoms with Gasteiger partial charge in [-0.3, -0.25) is 4.79 Å². The van der Waals surface area contributed by atoms with Crippen LogP contribution in [0.5, 0.6) is 5.75 Å². The van der Waals surface area contributed by atoms with Crippen LogP contribution in [0.25, 0.3) is 0 Å². The van der Waals surface area contributed by atoms with Crippen molar-refractivity contribution in [3.8, 4) is 5.75 Å². The number of carbonyl (C=O) groups excluding carboxylic acids is 1. The van der Waals surface area contributed by atoms with Crippen LogP contribution in [0.4, 0.5) is 22.9 Å². The summed E-state index contributed by atoms with van der Waals surface area (Å²) >= 11 is 0. The summed E-state index contributed by atoms with van der Waals surface area (Å²) < 4.78 is 5.53. The van der Waals surface area contributed by atoms with Crippen LogP contribution in [0.2, 0.25) is 0 Å². The van der Waals surface area contributed by atoms with Gasteiger partial charge in [-0.1, -0.05) is 12.1 Å². The summed E-state index contributed by atoms with van der Waals surface area (Å²) in [5.74, 6) is 1.17. The van der Waals surface area contributed by atoms with Crippen molar-refractivity contribution in [1.29, 1.82) is 0 Å². The van der Waals surface area contributed by atoms with Gasteiger partial charge in [0.1, 0.15) is 5.75 Å². The van der Waals surface area contributed by atoms with Crippen LogP contribution in [-0.4, -0.2) is 35.8 Å². The Hall–Kier alpha value is -3.61. The molecule has 1 aliphatic heterocycles. The average molecular weight is 403 g/mol. The van der Waals surface area contributed by atoms with E-state index in [4.69, 9.17) is 4.74 Å². The molecule has 1 aromatic heterocycles. The van der Waals surface area contributed by atoms with Crippen molar-refractivity contribution >= 4 is 28.8 Å². The summed E-state index contributed by atoms with van der Waals surface area (Å²) in [4.78, 5) is 14.5. The van der Waals surface area contributed by atoms with Crippen molar-refractivity contribution in [2.24, 2.45) is 0 Å². The number of nitrogens with one attached hydrogen (secondary N) is 2. The largest absolute Gasteiger partial charge is 0.484 e. The van der Waals surface area contributed by atoms with Crippen LogP contribution in [0.3, 0.4) is 0 Å². The number of aryl methyl sites for hydroxylation is 1. The number of hydrogen-bond acceptors (Lipinski definition) is 6. The van der Waals surface area contributed by atoms with Gasteiger partial charge in [-0.25, -0.2) is 0 Å². The van der Waals surface area contributed by atoms with Gasteiger partial charge in [0.2, 0.25) is 0 Å². The van der Waals surface area contributed by atoms with E-state index in [2.05, 4.69) is 25.7 Å². The molecule has 2 N–H and O–H groups in total. The fourth-order valence-corrected chi connectivity index (χ4v) is 3.40. The number of ether oxygens (including phenoxy) is 1. The SMILES string of the molecule is Cc1cccc(OCC(=O)Nc2ccc(Nc3cc(N4CCCC4)cnn3)cc2)c1. The number of nitrogens with zero attached hydrogens (tertiary/aromatic N) is 3. The predicted molar refractivity (Wildman–Crippen MR) is 119 cm³/mol. The molecule has 1 amide bonds. The summed E-state index contributed by atoms with van der Waals surface area (Å²) in [7, 11) is 0. The van der Waals surface area contributed by atoms with Crippen molar-refractivity contribution in [2.75, 3.05) is 35.2 Å². The number of hydrogen-bond donors (Lipinski definition) is 2. The highest BCUT2D eigenvalue weighted by molar-refractivity contribution is 5.92. The quantitative estimate of drug-likeness (QED) is 0.617. The van der Waals surface area contributed by atoms with E-state index in [0.29, 0.717) is 17.3 Å². The third-order valence-electron chi connectivity index (χ3n) is 4.91. The zero-order valence-electron chi connectivity index (χ0n) is 17.0. The van der Waals surface area contributed by atoms with E-state index in [1.807, 2.05) is 61.5 Å². The molecule has 2 aromatic carbocycles. The van der Waals surface area contributed by atoms with Gasteiger partial charge in [-0.2, -0.15) is 5.10 Å². The molecular formula is C23H25N5O2. The lowest BCUT2D eigenvalue weighted by Gasteiger charge is -2.17. The minimum atomic E-state index is -0.207. The Morgan fingerprint density at radius 2 is 1.83 bits per heavy atom. The lowest BCUT2D eigenvalue weighted by molar-refractivity contribution is -0.118. The van der Waals surface area contributed by atoms with E-state index in [9.17, 15) is 4.79 Å². The molecule has 0 unspecified atom stereocenters. The minimum Gasteiger partial charge on any atom is -0.484 e. The maximum atomic E-state index is 12.1. The normalized spacial score (nSPS) is 13.2. The van der Waals surface area contributed by atoms with Crippen LogP contribution in [0.15, 0.2) is 60.8 Å². The molecule has 1 fully saturated rings. The van der Waals surface area contributed by atoms with Crippen LogP contribution >= 0.6 is 0 Å². The standard InChI is InChI=1S/C23H25N5O2/c1-17-5-4-6-21(13-17)30-16-23(29)26-19-9-7-18(8-10-19)25-22-14-20(15-24-27-22)28-11-2-3-12-28/h4-10,13-15H,2-3,11-12,16H2,1H3,(H,25,27)(H,26,29). The molecule has 0 atom stereocenters. The second kappa shape index (κ2) is 9.26. The van der Waals surface area contributed by atoms with E-state index < -0.39 is 0 Å². The number of rotatable bonds is 7. The second-order valence-corrected chi connectivity index (χ2v) is 7.35. The molecule has 154 valence electrons. The Kier molecular flexibility index (Phi) is 6.08. The Bertz CT molecular complexity index is 1000. The van der Waals surface area contributed by atoms with Gasteiger partial charge in [0.15, 0.2) is 12.4 Å². The first kappa shape index (κ1) is 19.7. The molecule has 1 aliphatic rings. The maximum absolute atomic E-state index is 12.1. The molecule has 0 spiro atoms. The van der Waals surface area contributed by atoms with Gasteiger partial charge in [0.25, 0.3) is 5.91 Å². The number of anilines is 4. The molecule has 0 bridgehead atoms. The van der Waals surface area contributed by atoms with E-state index in [1.54, 1.807) is 6.20 Å². The van der Waals surface area contributed by atoms with Gasteiger partial charge in [-0.15, -0.1) is 5.10 Å². The Morgan fingerprint density at radius 3 is 2.60 bits per heavy atom. The summed E-state index contributed by atoms with van der Waals surface area (Å²) in [6.07, 6.45) is 4.23. The average Bonchev–Trinajstić information content (AvgIpc) is 3.29. The zero-order chi connectivity index (χ0) is 20.8. The molecule has 2 heterocycles. The molecule has 0 aliphatic carbocycles. The van der Waals surface area contributed by atoms with Crippen LogP contribution in [-0.2, 0) is 4.79 Å². The minimum absolute atomic E-state index is 0.0393. The third kappa shape index (κ3) is 5.26. The van der Waals surface area contributed by atoms with Crippen molar-refractivity contribution in [2.45, 2.75) is 19.8 Å². The predicted octanol–water partition coefficient (Wildman–Crippen LogP) is 4.15. The number of aromatic nitrogens is 2. The Labute approximate surface area is 176 Å². The fourth-order valence-electron chi connectivity index (χ4n) is 3.40. The smallest absolute Gasteiger partial charge is 0.262 e. The lowest BCUT2D eigenvalue weighted by Crippen LogP contribution is -2.20. The number of benzene rings is 2. The van der Waals surface area contributed by atoms with Gasteiger partial charge in [0.05, 0.1) is 11.9 Å². The van der Waals surface area contributed by atoms with Crippen LogP contribution in [0, 0.1) is 6.92 Å². The summed E-state index contributed by atoms with van der Waals surface area (Å²) in [6.45, 7) is 4.07. The van der Waals surface area contributed by atoms with Crippen molar-refractivity contribution in [3.05, 3.63) is 66.4 Å². The number of amides is 1. The van der Waals surface area contributed by atoms with Gasteiger partial charge in [-0.05, 0) is 61.7 Å². The highest BCUT2D eigenvalue weighted by Crippen LogP contribution is 2.23. The highest BCUT2D eigenvalue weighted by atomic mass is 16.5. The van der Waals surface area contributed by atoms with Crippen LogP contribution < -0.4 is 20.3 Å². The first-order valence-electron chi connectivity index (χ1n) is 10.1. The lowest BCUT2D eigenvalue weighted by atomic mass is 10.2. The third-order valence-corrected chi connectivity index (χ3v) is 4.91. The summed E-state index contributed by atoms with van der Waals surface area (Å²) in [6, 6.07) is 17.1. The molecule has 1 saturated heterocycles. The van der Waals surface area contributed by atoms with Gasteiger partial charge in [0, 0.05) is 30.5 Å². The Morgan fingerprint density at radius 1 is 1.07 bits per heavy atom. The molecule has 0 saturated carbocycles. The van der Waals surface area contributed by atoms with Crippen LogP contribution in [0.1, 0.15) is 18.4 Å². The second-order valence-electron chi connectivity index (χ2n) is 7.35. The highest BCUT2D eigenvalue weighted by Gasteiger charge is 2.13. The topological polar surface area (TPSA) is 79.4 Å². The monoisotopic (exact) mass is 403 g/mol. The van der Waals surface area contributed by atoms with Gasteiger partial charge >= 0.3 is 0 Å². The fraction of sp³-hybridized carbons (Fsp3) is 0.261. The molecule has 30 heavy (non-hydrogen) atoms. The van der Waals surface area contributed by atoms with E-state index in [-0.39, 0.29) is 12.5 Å². The molecule has 3 aromatic rings. The zero-order valence-corrected chi connectivity index (χ0v) is 17.0. The van der Waals surface area contributed by atoms with Crippen molar-refractivity contribution < 1.29 is 9.53 Å². The molecule has 0 radical (unpaired) electrons. The first-order valence-corrected chi connectivity index (χ1v) is 10.1. The van der Waals surface area contributed by atoms with Crippen molar-refractivity contribution in [1.82, 2.24) is 10.2 Å². The Balaban J connectivity index is 1.30. The molecule has 4 rings (SSSR count). The summed E-state index contributed by atoms with van der Waals surface area (Å²) in [5, 5.41) is 14.4. The van der Waals surface area contributed by atoms with E-state index >= 15 is 0 Å².